The standard InChI is InChI=1S/C10H13N3O2/c1-7-8(12-13-11-7)5-6-9(14)15-10(2,3)4/h1-4H3,(H,11,12,13). The summed E-state index contributed by atoms with van der Waals surface area (Å²) in [7, 11) is 0. The van der Waals surface area contributed by atoms with Crippen LogP contribution in [0.3, 0.4) is 0 Å². The van der Waals surface area contributed by atoms with Crippen LogP contribution in [0.25, 0.3) is 0 Å². The minimum Gasteiger partial charge on any atom is -0.450 e. The zero-order valence-corrected chi connectivity index (χ0v) is 9.21. The van der Waals surface area contributed by atoms with Crippen LogP contribution in [0.5, 0.6) is 0 Å². The lowest BCUT2D eigenvalue weighted by atomic mass is 10.2. The maximum absolute atomic E-state index is 11.2. The molecule has 0 aliphatic heterocycles. The number of carbonyl (C=O) groups excluding carboxylic acids is 1. The summed E-state index contributed by atoms with van der Waals surface area (Å²) in [5, 5.41) is 9.96. The summed E-state index contributed by atoms with van der Waals surface area (Å²) in [6.45, 7) is 7.11. The van der Waals surface area contributed by atoms with Gasteiger partial charge in [0.15, 0.2) is 5.69 Å². The van der Waals surface area contributed by atoms with E-state index in [1.807, 2.05) is 0 Å². The fourth-order valence-corrected chi connectivity index (χ4v) is 0.816. The van der Waals surface area contributed by atoms with Crippen LogP contribution in [0.15, 0.2) is 0 Å². The molecule has 0 spiro atoms. The molecule has 5 heteroatoms. The molecule has 0 amide bonds. The van der Waals surface area contributed by atoms with Crippen LogP contribution in [-0.2, 0) is 9.53 Å². The van der Waals surface area contributed by atoms with Gasteiger partial charge in [-0.15, -0.1) is 5.10 Å². The number of carbonyl (C=O) groups is 1. The highest BCUT2D eigenvalue weighted by Crippen LogP contribution is 2.06. The van der Waals surface area contributed by atoms with Gasteiger partial charge in [0.25, 0.3) is 0 Å². The van der Waals surface area contributed by atoms with E-state index in [4.69, 9.17) is 4.74 Å². The van der Waals surface area contributed by atoms with Crippen molar-refractivity contribution in [2.45, 2.75) is 33.3 Å². The lowest BCUT2D eigenvalue weighted by Crippen LogP contribution is -2.22. The molecule has 0 bridgehead atoms. The van der Waals surface area contributed by atoms with Crippen molar-refractivity contribution in [3.05, 3.63) is 11.4 Å². The third-order valence-electron chi connectivity index (χ3n) is 1.40. The first kappa shape index (κ1) is 11.2. The van der Waals surface area contributed by atoms with Crippen molar-refractivity contribution in [1.82, 2.24) is 15.4 Å². The monoisotopic (exact) mass is 207 g/mol. The fraction of sp³-hybridized carbons (Fsp3) is 0.500. The van der Waals surface area contributed by atoms with Crippen molar-refractivity contribution in [3.63, 3.8) is 0 Å². The normalized spacial score (nSPS) is 10.4. The second kappa shape index (κ2) is 4.13. The predicted octanol–water partition coefficient (Wildman–Crippen LogP) is 0.806. The first-order valence-corrected chi connectivity index (χ1v) is 4.51. The third-order valence-corrected chi connectivity index (χ3v) is 1.40. The van der Waals surface area contributed by atoms with Gasteiger partial charge in [-0.05, 0) is 33.6 Å². The molecule has 0 fully saturated rings. The largest absolute Gasteiger partial charge is 0.450 e. The average molecular weight is 207 g/mol. The number of H-pyrrole nitrogens is 1. The second-order valence-corrected chi connectivity index (χ2v) is 4.01. The summed E-state index contributed by atoms with van der Waals surface area (Å²) in [6, 6.07) is 0. The second-order valence-electron chi connectivity index (χ2n) is 4.01. The van der Waals surface area contributed by atoms with Crippen LogP contribution in [0.1, 0.15) is 32.2 Å². The van der Waals surface area contributed by atoms with Crippen LogP contribution in [0.2, 0.25) is 0 Å². The molecule has 1 aromatic heterocycles. The Balaban J connectivity index is 2.67. The summed E-state index contributed by atoms with van der Waals surface area (Å²) in [6.07, 6.45) is 0. The molecule has 15 heavy (non-hydrogen) atoms. The lowest BCUT2D eigenvalue weighted by molar-refractivity contribution is -0.147. The third kappa shape index (κ3) is 3.81. The number of aromatic nitrogens is 3. The Labute approximate surface area is 88.2 Å². The predicted molar refractivity (Wildman–Crippen MR) is 53.8 cm³/mol. The first-order valence-electron chi connectivity index (χ1n) is 4.51. The number of nitrogens with one attached hydrogen (secondary N) is 1. The average Bonchev–Trinajstić information content (AvgIpc) is 2.44. The molecule has 80 valence electrons. The molecule has 0 radical (unpaired) electrons. The number of esters is 1. The van der Waals surface area contributed by atoms with Gasteiger partial charge in [-0.1, -0.05) is 0 Å². The molecule has 1 rings (SSSR count). The van der Waals surface area contributed by atoms with Crippen molar-refractivity contribution < 1.29 is 9.53 Å². The van der Waals surface area contributed by atoms with Crippen LogP contribution >= 0.6 is 0 Å². The van der Waals surface area contributed by atoms with E-state index in [1.165, 1.54) is 0 Å². The van der Waals surface area contributed by atoms with E-state index < -0.39 is 11.6 Å². The number of rotatable bonds is 0. The van der Waals surface area contributed by atoms with E-state index in [0.29, 0.717) is 11.4 Å². The van der Waals surface area contributed by atoms with E-state index in [0.717, 1.165) is 0 Å². The molecular weight excluding hydrogens is 194 g/mol. The quantitative estimate of drug-likeness (QED) is 0.505. The van der Waals surface area contributed by atoms with Crippen molar-refractivity contribution in [3.8, 4) is 11.8 Å². The van der Waals surface area contributed by atoms with Gasteiger partial charge in [-0.3, -0.25) is 0 Å². The van der Waals surface area contributed by atoms with E-state index >= 15 is 0 Å². The molecule has 1 aromatic rings. The van der Waals surface area contributed by atoms with Gasteiger partial charge in [-0.25, -0.2) is 4.79 Å². The molecule has 0 atom stereocenters. The minimum absolute atomic E-state index is 0.459. The van der Waals surface area contributed by atoms with E-state index in [9.17, 15) is 4.79 Å². The van der Waals surface area contributed by atoms with E-state index in [-0.39, 0.29) is 0 Å². The van der Waals surface area contributed by atoms with Crippen LogP contribution in [0, 0.1) is 18.8 Å². The molecule has 0 unspecified atom stereocenters. The highest BCUT2D eigenvalue weighted by Gasteiger charge is 2.14. The summed E-state index contributed by atoms with van der Waals surface area (Å²) in [5.74, 6) is 4.37. The number of hydrogen-bond donors (Lipinski definition) is 1. The molecule has 0 aromatic carbocycles. The maximum atomic E-state index is 11.2. The van der Waals surface area contributed by atoms with Gasteiger partial charge in [0.2, 0.25) is 0 Å². The summed E-state index contributed by atoms with van der Waals surface area (Å²) >= 11 is 0. The molecule has 0 saturated carbocycles. The lowest BCUT2D eigenvalue weighted by Gasteiger charge is -2.16. The highest BCUT2D eigenvalue weighted by atomic mass is 16.6. The number of hydrogen-bond acceptors (Lipinski definition) is 4. The Morgan fingerprint density at radius 1 is 1.40 bits per heavy atom. The summed E-state index contributed by atoms with van der Waals surface area (Å²) < 4.78 is 5.00. The van der Waals surface area contributed by atoms with Crippen molar-refractivity contribution >= 4 is 5.97 Å². The smallest absolute Gasteiger partial charge is 0.385 e. The van der Waals surface area contributed by atoms with Gasteiger partial charge in [-0.2, -0.15) is 10.3 Å². The molecular formula is C10H13N3O2. The number of aromatic amines is 1. The maximum Gasteiger partial charge on any atom is 0.385 e. The molecule has 0 aliphatic carbocycles. The van der Waals surface area contributed by atoms with Crippen molar-refractivity contribution in [2.75, 3.05) is 0 Å². The van der Waals surface area contributed by atoms with Gasteiger partial charge in [0, 0.05) is 5.92 Å². The molecule has 1 N–H and O–H groups in total. The van der Waals surface area contributed by atoms with Crippen LogP contribution in [0.4, 0.5) is 0 Å². The van der Waals surface area contributed by atoms with E-state index in [2.05, 4.69) is 27.3 Å². The summed E-state index contributed by atoms with van der Waals surface area (Å²) in [4.78, 5) is 11.2. The minimum atomic E-state index is -0.565. The molecule has 1 heterocycles. The molecule has 0 aliphatic rings. The Morgan fingerprint density at radius 2 is 2.07 bits per heavy atom. The van der Waals surface area contributed by atoms with Crippen molar-refractivity contribution in [2.24, 2.45) is 0 Å². The SMILES string of the molecule is Cc1n[nH]nc1C#CC(=O)OC(C)(C)C. The summed E-state index contributed by atoms with van der Waals surface area (Å²) in [5.41, 5.74) is 0.594. The number of aryl methyl sites for hydroxylation is 1. The Bertz CT molecular complexity index is 418. The highest BCUT2D eigenvalue weighted by molar-refractivity contribution is 5.89. The van der Waals surface area contributed by atoms with Crippen molar-refractivity contribution in [1.29, 1.82) is 0 Å². The van der Waals surface area contributed by atoms with Crippen LogP contribution in [-0.4, -0.2) is 27.0 Å². The number of ether oxygens (including phenoxy) is 1. The molecule has 0 saturated heterocycles. The Morgan fingerprint density at radius 3 is 2.53 bits per heavy atom. The van der Waals surface area contributed by atoms with Gasteiger partial charge >= 0.3 is 5.97 Å². The zero-order chi connectivity index (χ0) is 11.5. The Kier molecular flexibility index (Phi) is 3.10. The first-order chi connectivity index (χ1) is 6.88. The topological polar surface area (TPSA) is 67.9 Å². The number of nitrogens with zero attached hydrogens (tertiary/aromatic N) is 2. The fourth-order valence-electron chi connectivity index (χ4n) is 0.816. The zero-order valence-electron chi connectivity index (χ0n) is 9.21. The van der Waals surface area contributed by atoms with Crippen LogP contribution < -0.4 is 0 Å². The van der Waals surface area contributed by atoms with Gasteiger partial charge < -0.3 is 4.74 Å². The van der Waals surface area contributed by atoms with Gasteiger partial charge in [0.1, 0.15) is 5.60 Å². The Hall–Kier alpha value is -1.83. The van der Waals surface area contributed by atoms with Gasteiger partial charge in [0.05, 0.1) is 5.69 Å². The molecule has 5 nitrogen and oxygen atoms in total. The van der Waals surface area contributed by atoms with E-state index in [1.54, 1.807) is 27.7 Å².